The quantitative estimate of drug-likeness (QED) is 0.876. The molecule has 0 aliphatic rings. The highest BCUT2D eigenvalue weighted by Gasteiger charge is 2.30. The smallest absolute Gasteiger partial charge is 0.339 e. The molecule has 0 fully saturated rings. The van der Waals surface area contributed by atoms with Gasteiger partial charge in [-0.15, -0.1) is 0 Å². The Morgan fingerprint density at radius 2 is 1.95 bits per heavy atom. The van der Waals surface area contributed by atoms with Gasteiger partial charge in [-0.3, -0.25) is 0 Å². The third-order valence-electron chi connectivity index (χ3n) is 2.45. The summed E-state index contributed by atoms with van der Waals surface area (Å²) in [5.74, 6) is 0.351. The van der Waals surface area contributed by atoms with E-state index < -0.39 is 11.7 Å². The lowest BCUT2D eigenvalue weighted by Gasteiger charge is -2.12. The minimum Gasteiger partial charge on any atom is -0.339 e. The van der Waals surface area contributed by atoms with Crippen LogP contribution in [0.15, 0.2) is 41.0 Å². The average Bonchev–Trinajstić information content (AvgIpc) is 2.41. The van der Waals surface area contributed by atoms with Crippen LogP contribution >= 0.6 is 15.9 Å². The molecule has 0 bridgehead atoms. The van der Waals surface area contributed by atoms with Crippen LogP contribution < -0.4 is 5.32 Å². The van der Waals surface area contributed by atoms with Gasteiger partial charge in [0.05, 0.1) is 16.8 Å². The minimum absolute atomic E-state index is 0.247. The summed E-state index contributed by atoms with van der Waals surface area (Å²) < 4.78 is 38.4. The van der Waals surface area contributed by atoms with E-state index in [-0.39, 0.29) is 5.69 Å². The van der Waals surface area contributed by atoms with E-state index in [1.165, 1.54) is 24.4 Å². The predicted molar refractivity (Wildman–Crippen MR) is 71.4 cm³/mol. The Balaban J connectivity index is 2.30. The fourth-order valence-electron chi connectivity index (χ4n) is 1.47. The number of nitrogens with zero attached hydrogens (tertiary/aromatic N) is 2. The lowest BCUT2D eigenvalue weighted by atomic mass is 10.2. The number of pyridine rings is 1. The Bertz CT molecular complexity index is 660. The largest absolute Gasteiger partial charge is 0.416 e. The summed E-state index contributed by atoms with van der Waals surface area (Å²) in [7, 11) is 0. The molecule has 0 aliphatic heterocycles. The van der Waals surface area contributed by atoms with Crippen LogP contribution in [0.1, 0.15) is 11.1 Å². The zero-order chi connectivity index (χ0) is 14.8. The van der Waals surface area contributed by atoms with Gasteiger partial charge in [0.1, 0.15) is 11.9 Å². The fourth-order valence-corrected chi connectivity index (χ4v) is 1.82. The topological polar surface area (TPSA) is 48.7 Å². The monoisotopic (exact) mass is 341 g/mol. The van der Waals surface area contributed by atoms with Gasteiger partial charge in [0, 0.05) is 10.7 Å². The maximum atomic E-state index is 12.6. The molecule has 2 rings (SSSR count). The van der Waals surface area contributed by atoms with Crippen LogP contribution in [0, 0.1) is 11.3 Å². The Hall–Kier alpha value is -2.07. The summed E-state index contributed by atoms with van der Waals surface area (Å²) in [6, 6.07) is 8.25. The van der Waals surface area contributed by atoms with Crippen molar-refractivity contribution in [2.24, 2.45) is 0 Å². The van der Waals surface area contributed by atoms with E-state index in [1.54, 1.807) is 0 Å². The summed E-state index contributed by atoms with van der Waals surface area (Å²) in [6.45, 7) is 0. The number of hydrogen-bond donors (Lipinski definition) is 1. The number of benzene rings is 1. The van der Waals surface area contributed by atoms with Crippen LogP contribution in [0.25, 0.3) is 0 Å². The van der Waals surface area contributed by atoms with E-state index in [4.69, 9.17) is 5.26 Å². The van der Waals surface area contributed by atoms with Crippen molar-refractivity contribution >= 4 is 27.4 Å². The van der Waals surface area contributed by atoms with Gasteiger partial charge in [-0.1, -0.05) is 0 Å². The van der Waals surface area contributed by atoms with Crippen LogP contribution in [0.3, 0.4) is 0 Å². The average molecular weight is 342 g/mol. The first kappa shape index (κ1) is 14.3. The maximum absolute atomic E-state index is 12.6. The molecule has 0 saturated heterocycles. The van der Waals surface area contributed by atoms with Crippen molar-refractivity contribution in [1.82, 2.24) is 4.98 Å². The highest BCUT2D eigenvalue weighted by atomic mass is 79.9. The number of rotatable bonds is 2. The first-order chi connectivity index (χ1) is 9.40. The van der Waals surface area contributed by atoms with Gasteiger partial charge in [0.2, 0.25) is 0 Å². The van der Waals surface area contributed by atoms with Gasteiger partial charge in [0.15, 0.2) is 0 Å². The van der Waals surface area contributed by atoms with Gasteiger partial charge in [-0.25, -0.2) is 4.98 Å². The second kappa shape index (κ2) is 5.51. The molecule has 20 heavy (non-hydrogen) atoms. The van der Waals surface area contributed by atoms with Crippen LogP contribution in [-0.2, 0) is 6.18 Å². The molecule has 1 heterocycles. The summed E-state index contributed by atoms with van der Waals surface area (Å²) in [5.41, 5.74) is -0.132. The molecule has 0 unspecified atom stereocenters. The van der Waals surface area contributed by atoms with Crippen LogP contribution in [-0.4, -0.2) is 4.98 Å². The van der Waals surface area contributed by atoms with E-state index in [0.29, 0.717) is 15.9 Å². The molecule has 102 valence electrons. The van der Waals surface area contributed by atoms with E-state index >= 15 is 0 Å². The fraction of sp³-hybridized carbons (Fsp3) is 0.0769. The Morgan fingerprint density at radius 1 is 1.20 bits per heavy atom. The maximum Gasteiger partial charge on any atom is 0.416 e. The van der Waals surface area contributed by atoms with Crippen molar-refractivity contribution in [3.63, 3.8) is 0 Å². The predicted octanol–water partition coefficient (Wildman–Crippen LogP) is 4.48. The normalized spacial score (nSPS) is 10.9. The molecule has 3 nitrogen and oxygen atoms in total. The molecule has 1 aromatic carbocycles. The minimum atomic E-state index is -4.41. The van der Waals surface area contributed by atoms with Crippen LogP contribution in [0.5, 0.6) is 0 Å². The van der Waals surface area contributed by atoms with E-state index in [2.05, 4.69) is 26.2 Å². The van der Waals surface area contributed by atoms with Gasteiger partial charge in [-0.05, 0) is 46.3 Å². The molecule has 0 atom stereocenters. The molecule has 0 radical (unpaired) electrons. The van der Waals surface area contributed by atoms with E-state index in [9.17, 15) is 13.2 Å². The van der Waals surface area contributed by atoms with Crippen molar-refractivity contribution in [2.75, 3.05) is 5.32 Å². The highest BCUT2D eigenvalue weighted by Crippen LogP contribution is 2.34. The number of halogens is 4. The van der Waals surface area contributed by atoms with Gasteiger partial charge in [0.25, 0.3) is 0 Å². The lowest BCUT2D eigenvalue weighted by molar-refractivity contribution is -0.137. The standard InChI is InChI=1S/C13H7BrF3N3/c14-10-3-2-9(13(15,16)17)5-11(10)20-12-4-1-8(6-18)7-19-12/h1-5,7H,(H,19,20). The third-order valence-corrected chi connectivity index (χ3v) is 3.14. The van der Waals surface area contributed by atoms with Crippen molar-refractivity contribution < 1.29 is 13.2 Å². The molecular formula is C13H7BrF3N3. The number of aromatic nitrogens is 1. The first-order valence-corrected chi connectivity index (χ1v) is 6.19. The molecule has 2 aromatic rings. The summed E-state index contributed by atoms with van der Waals surface area (Å²) >= 11 is 3.17. The van der Waals surface area contributed by atoms with Gasteiger partial charge in [-0.2, -0.15) is 18.4 Å². The molecule has 1 aromatic heterocycles. The summed E-state index contributed by atoms with van der Waals surface area (Å²) in [6.07, 6.45) is -3.07. The number of nitrogens with one attached hydrogen (secondary N) is 1. The van der Waals surface area contributed by atoms with Crippen LogP contribution in [0.4, 0.5) is 24.7 Å². The van der Waals surface area contributed by atoms with Crippen LogP contribution in [0.2, 0.25) is 0 Å². The molecule has 7 heteroatoms. The zero-order valence-electron chi connectivity index (χ0n) is 9.87. The lowest BCUT2D eigenvalue weighted by Crippen LogP contribution is -2.05. The summed E-state index contributed by atoms with van der Waals surface area (Å²) in [5, 5.41) is 11.4. The first-order valence-electron chi connectivity index (χ1n) is 5.40. The third kappa shape index (κ3) is 3.27. The van der Waals surface area contributed by atoms with Crippen molar-refractivity contribution in [2.45, 2.75) is 6.18 Å². The molecule has 0 spiro atoms. The number of nitriles is 1. The Labute approximate surface area is 121 Å². The van der Waals surface area contributed by atoms with Crippen molar-refractivity contribution in [3.8, 4) is 6.07 Å². The number of anilines is 2. The molecule has 0 saturated carbocycles. The Kier molecular flexibility index (Phi) is 3.95. The highest BCUT2D eigenvalue weighted by molar-refractivity contribution is 9.10. The molecule has 0 aliphatic carbocycles. The van der Waals surface area contributed by atoms with Gasteiger partial charge < -0.3 is 5.32 Å². The second-order valence-corrected chi connectivity index (χ2v) is 4.72. The number of hydrogen-bond acceptors (Lipinski definition) is 3. The van der Waals surface area contributed by atoms with E-state index in [0.717, 1.165) is 12.1 Å². The number of alkyl halides is 3. The van der Waals surface area contributed by atoms with Crippen molar-refractivity contribution in [1.29, 1.82) is 5.26 Å². The van der Waals surface area contributed by atoms with Crippen molar-refractivity contribution in [3.05, 3.63) is 52.1 Å². The summed E-state index contributed by atoms with van der Waals surface area (Å²) in [4.78, 5) is 3.94. The molecular weight excluding hydrogens is 335 g/mol. The molecule has 1 N–H and O–H groups in total. The Morgan fingerprint density at radius 3 is 2.50 bits per heavy atom. The molecule has 0 amide bonds. The van der Waals surface area contributed by atoms with E-state index in [1.807, 2.05) is 6.07 Å². The van der Waals surface area contributed by atoms with Gasteiger partial charge >= 0.3 is 6.18 Å². The second-order valence-electron chi connectivity index (χ2n) is 3.86. The zero-order valence-corrected chi connectivity index (χ0v) is 11.5. The SMILES string of the molecule is N#Cc1ccc(Nc2cc(C(F)(F)F)ccc2Br)nc1.